The highest BCUT2D eigenvalue weighted by atomic mass is 19.1. The van der Waals surface area contributed by atoms with Gasteiger partial charge < -0.3 is 15.2 Å². The first-order chi connectivity index (χ1) is 10.2. The summed E-state index contributed by atoms with van der Waals surface area (Å²) in [6.45, 7) is 0. The van der Waals surface area contributed by atoms with Gasteiger partial charge in [-0.15, -0.1) is 0 Å². The molecule has 0 aliphatic heterocycles. The second kappa shape index (κ2) is 5.28. The van der Waals surface area contributed by atoms with E-state index in [1.54, 1.807) is 12.3 Å². The van der Waals surface area contributed by atoms with Gasteiger partial charge in [-0.05, 0) is 24.3 Å². The zero-order chi connectivity index (χ0) is 14.8. The molecule has 3 rings (SSSR count). The molecular formula is C16H13FN2O2. The van der Waals surface area contributed by atoms with E-state index < -0.39 is 5.82 Å². The molecule has 4 nitrogen and oxygen atoms in total. The van der Waals surface area contributed by atoms with Gasteiger partial charge in [0.05, 0.1) is 18.3 Å². The summed E-state index contributed by atoms with van der Waals surface area (Å²) < 4.78 is 24.3. The number of nitrogens with zero attached hydrogens (tertiary/aromatic N) is 1. The summed E-state index contributed by atoms with van der Waals surface area (Å²) in [5, 5.41) is 0.850. The number of ether oxygens (including phenoxy) is 2. The first kappa shape index (κ1) is 13.2. The van der Waals surface area contributed by atoms with E-state index in [1.165, 1.54) is 19.2 Å². The van der Waals surface area contributed by atoms with E-state index in [1.807, 2.05) is 24.3 Å². The topological polar surface area (TPSA) is 57.4 Å². The van der Waals surface area contributed by atoms with Gasteiger partial charge in [-0.2, -0.15) is 0 Å². The lowest BCUT2D eigenvalue weighted by atomic mass is 10.2. The van der Waals surface area contributed by atoms with Gasteiger partial charge in [0.2, 0.25) is 0 Å². The minimum Gasteiger partial charge on any atom is -0.494 e. The molecule has 21 heavy (non-hydrogen) atoms. The van der Waals surface area contributed by atoms with Crippen molar-refractivity contribution in [2.75, 3.05) is 12.8 Å². The summed E-state index contributed by atoms with van der Waals surface area (Å²) in [5.41, 5.74) is 6.81. The highest BCUT2D eigenvalue weighted by molar-refractivity contribution is 5.85. The number of nitrogen functional groups attached to an aromatic ring is 1. The van der Waals surface area contributed by atoms with Gasteiger partial charge in [-0.1, -0.05) is 6.07 Å². The van der Waals surface area contributed by atoms with Crippen molar-refractivity contribution in [1.29, 1.82) is 0 Å². The van der Waals surface area contributed by atoms with E-state index >= 15 is 0 Å². The standard InChI is InChI=1S/C16H13FN2O2/c1-20-15-9-16(12(18)8-11(15)17)21-14-6-2-5-13-10(14)4-3-7-19-13/h2-9H,18H2,1H3. The van der Waals surface area contributed by atoms with Crippen molar-refractivity contribution < 1.29 is 13.9 Å². The van der Waals surface area contributed by atoms with Crippen molar-refractivity contribution in [1.82, 2.24) is 4.98 Å². The number of halogens is 1. The number of nitrogens with two attached hydrogens (primary N) is 1. The van der Waals surface area contributed by atoms with E-state index in [4.69, 9.17) is 15.2 Å². The number of methoxy groups -OCH3 is 1. The van der Waals surface area contributed by atoms with E-state index in [-0.39, 0.29) is 11.4 Å². The van der Waals surface area contributed by atoms with Crippen molar-refractivity contribution >= 4 is 16.6 Å². The summed E-state index contributed by atoms with van der Waals surface area (Å²) in [6.07, 6.45) is 1.71. The van der Waals surface area contributed by atoms with Crippen LogP contribution in [0.1, 0.15) is 0 Å². The fourth-order valence-corrected chi connectivity index (χ4v) is 2.08. The normalized spacial score (nSPS) is 10.6. The van der Waals surface area contributed by atoms with Crippen LogP contribution >= 0.6 is 0 Å². The van der Waals surface area contributed by atoms with Crippen LogP contribution in [-0.2, 0) is 0 Å². The monoisotopic (exact) mass is 284 g/mol. The summed E-state index contributed by atoms with van der Waals surface area (Å²) in [4.78, 5) is 4.26. The maximum atomic E-state index is 13.6. The number of anilines is 1. The van der Waals surface area contributed by atoms with Gasteiger partial charge in [-0.3, -0.25) is 4.98 Å². The summed E-state index contributed by atoms with van der Waals surface area (Å²) in [5.74, 6) is 0.491. The van der Waals surface area contributed by atoms with Gasteiger partial charge in [0, 0.05) is 23.7 Å². The van der Waals surface area contributed by atoms with Crippen LogP contribution in [0.3, 0.4) is 0 Å². The lowest BCUT2D eigenvalue weighted by molar-refractivity contribution is 0.382. The lowest BCUT2D eigenvalue weighted by Gasteiger charge is -2.12. The molecule has 0 radical (unpaired) electrons. The summed E-state index contributed by atoms with van der Waals surface area (Å²) in [7, 11) is 1.39. The van der Waals surface area contributed by atoms with E-state index in [0.29, 0.717) is 11.5 Å². The van der Waals surface area contributed by atoms with Crippen molar-refractivity contribution in [3.8, 4) is 17.2 Å². The average molecular weight is 284 g/mol. The molecule has 2 aromatic carbocycles. The van der Waals surface area contributed by atoms with Crippen molar-refractivity contribution in [3.63, 3.8) is 0 Å². The summed E-state index contributed by atoms with van der Waals surface area (Å²) >= 11 is 0. The van der Waals surface area contributed by atoms with Crippen LogP contribution in [0, 0.1) is 5.82 Å². The first-order valence-corrected chi connectivity index (χ1v) is 6.33. The maximum Gasteiger partial charge on any atom is 0.167 e. The smallest absolute Gasteiger partial charge is 0.167 e. The molecule has 1 aromatic heterocycles. The summed E-state index contributed by atoms with van der Waals surface area (Å²) in [6, 6.07) is 11.9. The molecule has 0 amide bonds. The first-order valence-electron chi connectivity index (χ1n) is 6.33. The SMILES string of the molecule is COc1cc(Oc2cccc3ncccc23)c(N)cc1F. The fourth-order valence-electron chi connectivity index (χ4n) is 2.08. The van der Waals surface area contributed by atoms with Crippen molar-refractivity contribution in [2.45, 2.75) is 0 Å². The third-order valence-electron chi connectivity index (χ3n) is 3.11. The van der Waals surface area contributed by atoms with Crippen LogP contribution in [0.2, 0.25) is 0 Å². The van der Waals surface area contributed by atoms with Crippen molar-refractivity contribution in [3.05, 3.63) is 54.5 Å². The number of rotatable bonds is 3. The molecule has 0 saturated carbocycles. The van der Waals surface area contributed by atoms with Gasteiger partial charge in [-0.25, -0.2) is 4.39 Å². The zero-order valence-electron chi connectivity index (χ0n) is 11.3. The lowest BCUT2D eigenvalue weighted by Crippen LogP contribution is -1.96. The molecule has 2 N–H and O–H groups in total. The Labute approximate surface area is 120 Å². The average Bonchev–Trinajstić information content (AvgIpc) is 2.50. The minimum absolute atomic E-state index is 0.0811. The largest absolute Gasteiger partial charge is 0.494 e. The van der Waals surface area contributed by atoms with Gasteiger partial charge in [0.25, 0.3) is 0 Å². The second-order valence-electron chi connectivity index (χ2n) is 4.45. The number of benzene rings is 2. The molecule has 0 saturated heterocycles. The highest BCUT2D eigenvalue weighted by Gasteiger charge is 2.11. The molecule has 0 aliphatic carbocycles. The molecule has 1 heterocycles. The van der Waals surface area contributed by atoms with E-state index in [9.17, 15) is 4.39 Å². The minimum atomic E-state index is -0.526. The van der Waals surface area contributed by atoms with E-state index in [0.717, 1.165) is 10.9 Å². The Hall–Kier alpha value is -2.82. The second-order valence-corrected chi connectivity index (χ2v) is 4.45. The molecule has 106 valence electrons. The third kappa shape index (κ3) is 2.45. The van der Waals surface area contributed by atoms with Gasteiger partial charge in [0.1, 0.15) is 5.75 Å². The fraction of sp³-hybridized carbons (Fsp3) is 0.0625. The van der Waals surface area contributed by atoms with Gasteiger partial charge >= 0.3 is 0 Å². The number of hydrogen-bond acceptors (Lipinski definition) is 4. The zero-order valence-corrected chi connectivity index (χ0v) is 11.3. The number of fused-ring (bicyclic) bond motifs is 1. The van der Waals surface area contributed by atoms with Crippen LogP contribution in [0.4, 0.5) is 10.1 Å². The molecule has 0 bridgehead atoms. The molecule has 0 aliphatic rings. The number of hydrogen-bond donors (Lipinski definition) is 1. The molecule has 0 unspecified atom stereocenters. The Balaban J connectivity index is 2.07. The third-order valence-corrected chi connectivity index (χ3v) is 3.11. The Bertz CT molecular complexity index is 800. The molecule has 0 atom stereocenters. The van der Waals surface area contributed by atoms with Crippen LogP contribution in [0.5, 0.6) is 17.2 Å². The molecular weight excluding hydrogens is 271 g/mol. The molecule has 3 aromatic rings. The number of aromatic nitrogens is 1. The van der Waals surface area contributed by atoms with Crippen LogP contribution in [0.15, 0.2) is 48.7 Å². The molecule has 0 spiro atoms. The maximum absolute atomic E-state index is 13.6. The Morgan fingerprint density at radius 2 is 1.90 bits per heavy atom. The van der Waals surface area contributed by atoms with Crippen molar-refractivity contribution in [2.24, 2.45) is 0 Å². The van der Waals surface area contributed by atoms with Crippen LogP contribution in [0.25, 0.3) is 10.9 Å². The quantitative estimate of drug-likeness (QED) is 0.744. The number of pyridine rings is 1. The molecule has 5 heteroatoms. The Morgan fingerprint density at radius 1 is 1.05 bits per heavy atom. The van der Waals surface area contributed by atoms with E-state index in [2.05, 4.69) is 4.98 Å². The molecule has 0 fully saturated rings. The van der Waals surface area contributed by atoms with Crippen LogP contribution < -0.4 is 15.2 Å². The Morgan fingerprint density at radius 3 is 2.71 bits per heavy atom. The van der Waals surface area contributed by atoms with Crippen LogP contribution in [-0.4, -0.2) is 12.1 Å². The predicted octanol–water partition coefficient (Wildman–Crippen LogP) is 3.76. The predicted molar refractivity (Wildman–Crippen MR) is 79.2 cm³/mol. The highest BCUT2D eigenvalue weighted by Crippen LogP contribution is 2.35. The van der Waals surface area contributed by atoms with Gasteiger partial charge in [0.15, 0.2) is 17.3 Å². The Kier molecular flexibility index (Phi) is 3.31.